The molecule has 11 heavy (non-hydrogen) atoms. The summed E-state index contributed by atoms with van der Waals surface area (Å²) in [6.07, 6.45) is 3.85. The standard InChI is InChI=1S/C6H8N2O2S/c1-5-3-7-4-6(8-5)11(2,9)10/h3-4H,1-2H3. The third-order valence-corrected chi connectivity index (χ3v) is 2.07. The van der Waals surface area contributed by atoms with Crippen molar-refractivity contribution in [2.75, 3.05) is 6.26 Å². The van der Waals surface area contributed by atoms with Gasteiger partial charge in [-0.1, -0.05) is 0 Å². The van der Waals surface area contributed by atoms with Crippen LogP contribution in [0.5, 0.6) is 0 Å². The molecule has 1 rings (SSSR count). The lowest BCUT2D eigenvalue weighted by Crippen LogP contribution is -2.01. The zero-order chi connectivity index (χ0) is 8.48. The molecule has 0 bridgehead atoms. The predicted molar refractivity (Wildman–Crippen MR) is 39.9 cm³/mol. The maximum atomic E-state index is 10.9. The lowest BCUT2D eigenvalue weighted by molar-refractivity contribution is 0.597. The molecule has 0 aliphatic heterocycles. The minimum atomic E-state index is -3.20. The number of hydrogen-bond donors (Lipinski definition) is 0. The number of nitrogens with zero attached hydrogens (tertiary/aromatic N) is 2. The van der Waals surface area contributed by atoms with Gasteiger partial charge in [0.25, 0.3) is 0 Å². The van der Waals surface area contributed by atoms with Crippen molar-refractivity contribution in [2.45, 2.75) is 11.9 Å². The molecule has 0 amide bonds. The molecule has 0 fully saturated rings. The van der Waals surface area contributed by atoms with Gasteiger partial charge in [0.15, 0.2) is 14.9 Å². The highest BCUT2D eigenvalue weighted by Crippen LogP contribution is 2.02. The van der Waals surface area contributed by atoms with E-state index in [1.165, 1.54) is 12.4 Å². The zero-order valence-electron chi connectivity index (χ0n) is 6.27. The van der Waals surface area contributed by atoms with E-state index in [0.29, 0.717) is 5.69 Å². The van der Waals surface area contributed by atoms with Crippen LogP contribution in [0.2, 0.25) is 0 Å². The van der Waals surface area contributed by atoms with Crippen LogP contribution in [0.4, 0.5) is 0 Å². The Balaban J connectivity index is 3.28. The Bertz CT molecular complexity index is 359. The first kappa shape index (κ1) is 8.13. The molecule has 0 unspecified atom stereocenters. The van der Waals surface area contributed by atoms with Crippen molar-refractivity contribution in [1.29, 1.82) is 0 Å². The van der Waals surface area contributed by atoms with Crippen LogP contribution in [0, 0.1) is 6.92 Å². The smallest absolute Gasteiger partial charge is 0.194 e. The highest BCUT2D eigenvalue weighted by Gasteiger charge is 2.07. The third kappa shape index (κ3) is 1.98. The summed E-state index contributed by atoms with van der Waals surface area (Å²) in [5.74, 6) is 0. The molecule has 0 spiro atoms. The van der Waals surface area contributed by atoms with E-state index < -0.39 is 9.84 Å². The van der Waals surface area contributed by atoms with Crippen LogP contribution in [-0.4, -0.2) is 24.6 Å². The van der Waals surface area contributed by atoms with Gasteiger partial charge in [-0.2, -0.15) is 0 Å². The second kappa shape index (κ2) is 2.58. The van der Waals surface area contributed by atoms with E-state index in [1.807, 2.05) is 0 Å². The van der Waals surface area contributed by atoms with Crippen LogP contribution < -0.4 is 0 Å². The van der Waals surface area contributed by atoms with Crippen molar-refractivity contribution in [2.24, 2.45) is 0 Å². The van der Waals surface area contributed by atoms with Crippen molar-refractivity contribution >= 4 is 9.84 Å². The largest absolute Gasteiger partial charge is 0.260 e. The molecular formula is C6H8N2O2S. The van der Waals surface area contributed by atoms with Gasteiger partial charge in [-0.3, -0.25) is 4.98 Å². The molecule has 0 aromatic carbocycles. The van der Waals surface area contributed by atoms with E-state index in [9.17, 15) is 8.42 Å². The molecule has 4 nitrogen and oxygen atoms in total. The maximum absolute atomic E-state index is 10.9. The number of rotatable bonds is 1. The third-order valence-electron chi connectivity index (χ3n) is 1.11. The number of hydrogen-bond acceptors (Lipinski definition) is 4. The quantitative estimate of drug-likeness (QED) is 0.606. The summed E-state index contributed by atoms with van der Waals surface area (Å²) in [6, 6.07) is 0. The second-order valence-corrected chi connectivity index (χ2v) is 4.23. The van der Waals surface area contributed by atoms with Crippen molar-refractivity contribution in [3.05, 3.63) is 18.1 Å². The van der Waals surface area contributed by atoms with Gasteiger partial charge in [0, 0.05) is 12.5 Å². The molecule has 1 aromatic rings. The first-order chi connectivity index (χ1) is 5.00. The van der Waals surface area contributed by atoms with Gasteiger partial charge in [0.05, 0.1) is 11.9 Å². The van der Waals surface area contributed by atoms with Gasteiger partial charge in [0.1, 0.15) is 0 Å². The summed E-state index contributed by atoms with van der Waals surface area (Å²) in [5.41, 5.74) is 0.605. The summed E-state index contributed by atoms with van der Waals surface area (Å²) >= 11 is 0. The predicted octanol–water partition coefficient (Wildman–Crippen LogP) is 0.189. The van der Waals surface area contributed by atoms with Crippen LogP contribution in [0.3, 0.4) is 0 Å². The van der Waals surface area contributed by atoms with Gasteiger partial charge in [-0.15, -0.1) is 0 Å². The molecule has 0 atom stereocenters. The van der Waals surface area contributed by atoms with E-state index in [2.05, 4.69) is 9.97 Å². The van der Waals surface area contributed by atoms with Gasteiger partial charge in [-0.25, -0.2) is 13.4 Å². The van der Waals surface area contributed by atoms with Crippen LogP contribution in [0.15, 0.2) is 17.4 Å². The Hall–Kier alpha value is -0.970. The molecule has 0 aliphatic rings. The molecular weight excluding hydrogens is 164 g/mol. The molecule has 1 aromatic heterocycles. The number of aryl methyl sites for hydroxylation is 1. The highest BCUT2D eigenvalue weighted by atomic mass is 32.2. The maximum Gasteiger partial charge on any atom is 0.194 e. The van der Waals surface area contributed by atoms with Crippen molar-refractivity contribution in [3.63, 3.8) is 0 Å². The molecule has 0 N–H and O–H groups in total. The van der Waals surface area contributed by atoms with Crippen LogP contribution in [0.1, 0.15) is 5.69 Å². The molecule has 60 valence electrons. The van der Waals surface area contributed by atoms with Gasteiger partial charge in [0.2, 0.25) is 0 Å². The minimum Gasteiger partial charge on any atom is -0.260 e. The normalized spacial score (nSPS) is 11.5. The molecule has 0 saturated carbocycles. The van der Waals surface area contributed by atoms with Gasteiger partial charge < -0.3 is 0 Å². The fourth-order valence-electron chi connectivity index (χ4n) is 0.619. The molecule has 5 heteroatoms. The van der Waals surface area contributed by atoms with E-state index in [4.69, 9.17) is 0 Å². The van der Waals surface area contributed by atoms with Gasteiger partial charge >= 0.3 is 0 Å². The summed E-state index contributed by atoms with van der Waals surface area (Å²) in [7, 11) is -3.20. The molecule has 0 radical (unpaired) electrons. The van der Waals surface area contributed by atoms with E-state index in [0.717, 1.165) is 6.26 Å². The minimum absolute atomic E-state index is 0.0255. The average Bonchev–Trinajstić information content (AvgIpc) is 1.86. The monoisotopic (exact) mass is 172 g/mol. The topological polar surface area (TPSA) is 59.9 Å². The summed E-state index contributed by atoms with van der Waals surface area (Å²) in [4.78, 5) is 7.50. The van der Waals surface area contributed by atoms with Crippen LogP contribution in [0.25, 0.3) is 0 Å². The Morgan fingerprint density at radius 2 is 2.00 bits per heavy atom. The highest BCUT2D eigenvalue weighted by molar-refractivity contribution is 7.90. The molecule has 0 aliphatic carbocycles. The number of aromatic nitrogens is 2. The van der Waals surface area contributed by atoms with Crippen molar-refractivity contribution < 1.29 is 8.42 Å². The van der Waals surface area contributed by atoms with E-state index >= 15 is 0 Å². The summed E-state index contributed by atoms with van der Waals surface area (Å²) < 4.78 is 21.8. The summed E-state index contributed by atoms with van der Waals surface area (Å²) in [5, 5.41) is 0.0255. The molecule has 0 saturated heterocycles. The average molecular weight is 172 g/mol. The fourth-order valence-corrected chi connectivity index (χ4v) is 1.18. The second-order valence-electron chi connectivity index (χ2n) is 2.27. The lowest BCUT2D eigenvalue weighted by atomic mass is 10.5. The SMILES string of the molecule is Cc1cncc(S(C)(=O)=O)n1. The fraction of sp³-hybridized carbons (Fsp3) is 0.333. The van der Waals surface area contributed by atoms with E-state index in [-0.39, 0.29) is 5.03 Å². The number of sulfone groups is 1. The van der Waals surface area contributed by atoms with Crippen LogP contribution >= 0.6 is 0 Å². The lowest BCUT2D eigenvalue weighted by Gasteiger charge is -1.95. The van der Waals surface area contributed by atoms with Crippen LogP contribution in [-0.2, 0) is 9.84 Å². The van der Waals surface area contributed by atoms with Gasteiger partial charge in [-0.05, 0) is 6.92 Å². The Morgan fingerprint density at radius 1 is 1.36 bits per heavy atom. The first-order valence-electron chi connectivity index (χ1n) is 2.99. The Labute approximate surface area is 65.2 Å². The summed E-state index contributed by atoms with van der Waals surface area (Å²) in [6.45, 7) is 1.70. The Morgan fingerprint density at radius 3 is 2.36 bits per heavy atom. The zero-order valence-corrected chi connectivity index (χ0v) is 7.09. The van der Waals surface area contributed by atoms with E-state index in [1.54, 1.807) is 6.92 Å². The first-order valence-corrected chi connectivity index (χ1v) is 4.88. The van der Waals surface area contributed by atoms with Crippen molar-refractivity contribution in [1.82, 2.24) is 9.97 Å². The van der Waals surface area contributed by atoms with Crippen molar-refractivity contribution in [3.8, 4) is 0 Å². The molecule has 1 heterocycles. The Kier molecular flexibility index (Phi) is 1.90.